The summed E-state index contributed by atoms with van der Waals surface area (Å²) in [6, 6.07) is 0. The second-order valence-electron chi connectivity index (χ2n) is 6.51. The Hall–Kier alpha value is -0.870. The number of esters is 1. The second-order valence-corrected chi connectivity index (χ2v) is 6.51. The van der Waals surface area contributed by atoms with E-state index in [0.717, 1.165) is 19.3 Å². The number of rotatable bonds is 12. The number of ether oxygens (including phenoxy) is 1. The molecule has 4 heteroatoms. The Balaban J connectivity index is 4.89. The third-order valence-corrected chi connectivity index (χ3v) is 4.78. The van der Waals surface area contributed by atoms with Gasteiger partial charge in [-0.1, -0.05) is 46.3 Å². The summed E-state index contributed by atoms with van der Waals surface area (Å²) < 4.78 is 4.63. The summed E-state index contributed by atoms with van der Waals surface area (Å²) in [6.07, 6.45) is 8.11. The van der Waals surface area contributed by atoms with Gasteiger partial charge in [-0.15, -0.1) is 0 Å². The van der Waals surface area contributed by atoms with Crippen molar-refractivity contribution in [1.29, 1.82) is 0 Å². The lowest BCUT2D eigenvalue weighted by Gasteiger charge is -2.34. The van der Waals surface area contributed by atoms with Crippen LogP contribution < -0.4 is 0 Å². The predicted molar refractivity (Wildman–Crippen MR) is 94.1 cm³/mol. The topological polar surface area (TPSA) is 66.8 Å². The minimum absolute atomic E-state index is 0.0122. The summed E-state index contributed by atoms with van der Waals surface area (Å²) in [6.45, 7) is 8.20. The van der Waals surface area contributed by atoms with Gasteiger partial charge < -0.3 is 14.9 Å². The molecule has 0 aliphatic carbocycles. The van der Waals surface area contributed by atoms with E-state index in [1.54, 1.807) is 0 Å². The van der Waals surface area contributed by atoms with Crippen LogP contribution in [0.4, 0.5) is 0 Å². The summed E-state index contributed by atoms with van der Waals surface area (Å²) in [4.78, 5) is 11.4. The van der Waals surface area contributed by atoms with Gasteiger partial charge in [0.15, 0.2) is 0 Å². The average Bonchev–Trinajstić information content (AvgIpc) is 2.56. The molecule has 0 fully saturated rings. The van der Waals surface area contributed by atoms with Crippen molar-refractivity contribution in [2.75, 3.05) is 7.11 Å². The van der Waals surface area contributed by atoms with E-state index in [-0.39, 0.29) is 12.3 Å². The number of allylic oxidation sites excluding steroid dienone is 2. The summed E-state index contributed by atoms with van der Waals surface area (Å²) in [5.41, 5.74) is -0.809. The minimum atomic E-state index is -0.809. The van der Waals surface area contributed by atoms with Crippen molar-refractivity contribution in [2.24, 2.45) is 11.8 Å². The molecule has 0 saturated heterocycles. The first-order valence-electron chi connectivity index (χ1n) is 8.99. The number of hydrogen-bond acceptors (Lipinski definition) is 4. The first kappa shape index (κ1) is 22.1. The van der Waals surface area contributed by atoms with Gasteiger partial charge in [0.1, 0.15) is 0 Å². The highest BCUT2D eigenvalue weighted by molar-refractivity contribution is 5.69. The molecular weight excluding hydrogens is 292 g/mol. The molecule has 0 unspecified atom stereocenters. The molecule has 0 spiro atoms. The second kappa shape index (κ2) is 11.6. The maximum Gasteiger partial charge on any atom is 0.308 e. The molecular formula is C19H36O4. The molecule has 2 N–H and O–H groups in total. The zero-order valence-corrected chi connectivity index (χ0v) is 15.5. The van der Waals surface area contributed by atoms with Crippen LogP contribution in [0.25, 0.3) is 0 Å². The molecule has 0 saturated carbocycles. The van der Waals surface area contributed by atoms with Gasteiger partial charge in [-0.2, -0.15) is 0 Å². The molecule has 0 aromatic heterocycles. The summed E-state index contributed by atoms with van der Waals surface area (Å²) in [5.74, 6) is -0.171. The number of methoxy groups -OCH3 is 1. The monoisotopic (exact) mass is 328 g/mol. The van der Waals surface area contributed by atoms with Crippen molar-refractivity contribution < 1.29 is 19.7 Å². The smallest absolute Gasteiger partial charge is 0.308 e. The zero-order chi connectivity index (χ0) is 17.9. The predicted octanol–water partition coefficient (Wildman–Crippen LogP) is 3.85. The minimum Gasteiger partial charge on any atom is -0.469 e. The molecule has 23 heavy (non-hydrogen) atoms. The van der Waals surface area contributed by atoms with Crippen LogP contribution in [0.15, 0.2) is 12.2 Å². The van der Waals surface area contributed by atoms with Crippen LogP contribution in [-0.2, 0) is 9.53 Å². The third-order valence-electron chi connectivity index (χ3n) is 4.78. The van der Waals surface area contributed by atoms with Gasteiger partial charge in [-0.05, 0) is 43.9 Å². The van der Waals surface area contributed by atoms with Crippen LogP contribution in [0.2, 0.25) is 0 Å². The molecule has 0 aliphatic rings. The Morgan fingerprint density at radius 3 is 2.26 bits per heavy atom. The highest BCUT2D eigenvalue weighted by atomic mass is 16.5. The lowest BCUT2D eigenvalue weighted by atomic mass is 9.77. The standard InChI is InChI=1S/C19H36O4/c1-6-10-11-15(7-2)13-19(22,9-4)14-16(8-3)17(20)12-18(21)23-5/h10-11,15-17,20,22H,6-9,12-14H2,1-5H3/b11-10+/t15-,16+,17-,19-/m0/s1. The molecule has 0 aromatic carbocycles. The van der Waals surface area contributed by atoms with E-state index >= 15 is 0 Å². The molecule has 4 atom stereocenters. The number of aliphatic hydroxyl groups excluding tert-OH is 1. The van der Waals surface area contributed by atoms with Crippen molar-refractivity contribution in [3.8, 4) is 0 Å². The fourth-order valence-corrected chi connectivity index (χ4v) is 3.00. The van der Waals surface area contributed by atoms with Crippen LogP contribution in [-0.4, -0.2) is 35.0 Å². The SMILES string of the molecule is CC/C=C/[C@H](CC)C[C@@](O)(CC)C[C@@H](CC)[C@@H](O)CC(=O)OC. The van der Waals surface area contributed by atoms with Crippen LogP contribution >= 0.6 is 0 Å². The van der Waals surface area contributed by atoms with Gasteiger partial charge >= 0.3 is 5.97 Å². The van der Waals surface area contributed by atoms with Gasteiger partial charge in [0.25, 0.3) is 0 Å². The average molecular weight is 328 g/mol. The van der Waals surface area contributed by atoms with E-state index in [4.69, 9.17) is 0 Å². The Morgan fingerprint density at radius 1 is 1.17 bits per heavy atom. The Kier molecular flexibility index (Phi) is 11.2. The van der Waals surface area contributed by atoms with E-state index < -0.39 is 17.7 Å². The molecule has 0 rings (SSSR count). The fourth-order valence-electron chi connectivity index (χ4n) is 3.00. The summed E-state index contributed by atoms with van der Waals surface area (Å²) >= 11 is 0. The van der Waals surface area contributed by atoms with Gasteiger partial charge in [0, 0.05) is 0 Å². The number of carbonyl (C=O) groups is 1. The van der Waals surface area contributed by atoms with Crippen molar-refractivity contribution >= 4 is 5.97 Å². The van der Waals surface area contributed by atoms with Gasteiger partial charge in [0.2, 0.25) is 0 Å². The van der Waals surface area contributed by atoms with E-state index in [9.17, 15) is 15.0 Å². The molecule has 136 valence electrons. The van der Waals surface area contributed by atoms with Crippen LogP contribution in [0.5, 0.6) is 0 Å². The first-order chi connectivity index (χ1) is 10.9. The van der Waals surface area contributed by atoms with Gasteiger partial charge in [0.05, 0.1) is 25.2 Å². The van der Waals surface area contributed by atoms with Gasteiger partial charge in [-0.25, -0.2) is 0 Å². The lowest BCUT2D eigenvalue weighted by molar-refractivity contribution is -0.144. The summed E-state index contributed by atoms with van der Waals surface area (Å²) in [7, 11) is 1.32. The molecule has 4 nitrogen and oxygen atoms in total. The van der Waals surface area contributed by atoms with Crippen LogP contribution in [0.1, 0.15) is 72.6 Å². The van der Waals surface area contributed by atoms with Crippen LogP contribution in [0, 0.1) is 11.8 Å². The quantitative estimate of drug-likeness (QED) is 0.422. The highest BCUT2D eigenvalue weighted by Crippen LogP contribution is 2.33. The molecule has 0 amide bonds. The van der Waals surface area contributed by atoms with Gasteiger partial charge in [-0.3, -0.25) is 4.79 Å². The van der Waals surface area contributed by atoms with Crippen LogP contribution in [0.3, 0.4) is 0 Å². The largest absolute Gasteiger partial charge is 0.469 e. The molecule has 0 bridgehead atoms. The Labute approximate surface area is 141 Å². The van der Waals surface area contributed by atoms with E-state index in [1.807, 2.05) is 13.8 Å². The van der Waals surface area contributed by atoms with Crippen molar-refractivity contribution in [1.82, 2.24) is 0 Å². The fraction of sp³-hybridized carbons (Fsp3) is 0.842. The summed E-state index contributed by atoms with van der Waals surface area (Å²) in [5, 5.41) is 21.3. The molecule has 0 aliphatic heterocycles. The number of aliphatic hydroxyl groups is 2. The van der Waals surface area contributed by atoms with Crippen molar-refractivity contribution in [2.45, 2.75) is 84.3 Å². The third kappa shape index (κ3) is 8.52. The molecule has 0 radical (unpaired) electrons. The molecule has 0 aromatic rings. The maximum atomic E-state index is 11.4. The van der Waals surface area contributed by atoms with E-state index in [2.05, 4.69) is 30.7 Å². The number of carbonyl (C=O) groups excluding carboxylic acids is 1. The lowest BCUT2D eigenvalue weighted by Crippen LogP contribution is -2.37. The van der Waals surface area contributed by atoms with E-state index in [1.165, 1.54) is 7.11 Å². The van der Waals surface area contributed by atoms with Crippen molar-refractivity contribution in [3.05, 3.63) is 12.2 Å². The van der Waals surface area contributed by atoms with Crippen molar-refractivity contribution in [3.63, 3.8) is 0 Å². The normalized spacial score (nSPS) is 18.4. The zero-order valence-electron chi connectivity index (χ0n) is 15.5. The Morgan fingerprint density at radius 2 is 1.83 bits per heavy atom. The van der Waals surface area contributed by atoms with E-state index in [0.29, 0.717) is 25.2 Å². The first-order valence-corrected chi connectivity index (χ1v) is 8.99. The maximum absolute atomic E-state index is 11.4. The Bertz CT molecular complexity index is 353. The molecule has 0 heterocycles. The number of hydrogen-bond donors (Lipinski definition) is 2. The highest BCUT2D eigenvalue weighted by Gasteiger charge is 2.33.